The lowest BCUT2D eigenvalue weighted by molar-refractivity contribution is -0.116. The molecule has 1 aromatic heterocycles. The van der Waals surface area contributed by atoms with Crippen LogP contribution in [0.4, 0.5) is 5.00 Å². The number of nitrogens with one attached hydrogen (secondary N) is 2. The third kappa shape index (κ3) is 3.53. The van der Waals surface area contributed by atoms with Crippen LogP contribution in [0.3, 0.4) is 0 Å². The van der Waals surface area contributed by atoms with Crippen molar-refractivity contribution in [3.63, 3.8) is 0 Å². The number of amides is 1. The lowest BCUT2D eigenvalue weighted by Crippen LogP contribution is -2.30. The van der Waals surface area contributed by atoms with Gasteiger partial charge < -0.3 is 10.6 Å². The van der Waals surface area contributed by atoms with E-state index in [0.29, 0.717) is 12.3 Å². The molecule has 2 heterocycles. The van der Waals surface area contributed by atoms with Crippen LogP contribution in [0.5, 0.6) is 0 Å². The number of rotatable bonds is 4. The van der Waals surface area contributed by atoms with E-state index >= 15 is 0 Å². The van der Waals surface area contributed by atoms with Crippen LogP contribution in [0.25, 0.3) is 0 Å². The largest absolute Gasteiger partial charge is 0.316 e. The second kappa shape index (κ2) is 5.91. The van der Waals surface area contributed by atoms with Crippen LogP contribution < -0.4 is 10.6 Å². The van der Waals surface area contributed by atoms with Crippen LogP contribution in [0.15, 0.2) is 6.20 Å². The third-order valence-corrected chi connectivity index (χ3v) is 3.38. The summed E-state index contributed by atoms with van der Waals surface area (Å²) in [7, 11) is 0. The van der Waals surface area contributed by atoms with Gasteiger partial charge in [-0.15, -0.1) is 5.10 Å². The summed E-state index contributed by atoms with van der Waals surface area (Å²) in [5.74, 6) is 0.718. The monoisotopic (exact) mass is 240 g/mol. The second-order valence-corrected chi connectivity index (χ2v) is 4.87. The van der Waals surface area contributed by atoms with Crippen molar-refractivity contribution in [1.82, 2.24) is 14.9 Å². The molecular formula is C10H16N4OS. The molecule has 88 valence electrons. The average Bonchev–Trinajstić information content (AvgIpc) is 2.81. The maximum Gasteiger partial charge on any atom is 0.225 e. The minimum Gasteiger partial charge on any atom is -0.316 e. The summed E-state index contributed by atoms with van der Waals surface area (Å²) in [6.07, 6.45) is 5.59. The summed E-state index contributed by atoms with van der Waals surface area (Å²) in [6, 6.07) is 0. The van der Waals surface area contributed by atoms with E-state index in [1.165, 1.54) is 24.4 Å². The first-order chi connectivity index (χ1) is 7.84. The minimum atomic E-state index is 0.0663. The van der Waals surface area contributed by atoms with Gasteiger partial charge in [-0.2, -0.15) is 0 Å². The third-order valence-electron chi connectivity index (χ3n) is 2.80. The number of hydrogen-bond acceptors (Lipinski definition) is 5. The van der Waals surface area contributed by atoms with Gasteiger partial charge in [0.15, 0.2) is 0 Å². The zero-order valence-electron chi connectivity index (χ0n) is 9.11. The lowest BCUT2D eigenvalue weighted by atomic mass is 9.94. The van der Waals surface area contributed by atoms with E-state index in [2.05, 4.69) is 20.2 Å². The van der Waals surface area contributed by atoms with Gasteiger partial charge in [-0.25, -0.2) is 0 Å². The highest BCUT2D eigenvalue weighted by Crippen LogP contribution is 2.17. The van der Waals surface area contributed by atoms with E-state index in [-0.39, 0.29) is 5.91 Å². The first-order valence-electron chi connectivity index (χ1n) is 5.62. The van der Waals surface area contributed by atoms with Crippen molar-refractivity contribution >= 4 is 22.4 Å². The number of hydrogen-bond donors (Lipinski definition) is 2. The van der Waals surface area contributed by atoms with E-state index in [0.717, 1.165) is 24.5 Å². The van der Waals surface area contributed by atoms with Crippen LogP contribution in [0.1, 0.15) is 25.7 Å². The smallest absolute Gasteiger partial charge is 0.225 e. The minimum absolute atomic E-state index is 0.0663. The zero-order chi connectivity index (χ0) is 11.2. The number of anilines is 1. The molecule has 1 amide bonds. The predicted octanol–water partition coefficient (Wildman–Crippen LogP) is 1.26. The first kappa shape index (κ1) is 11.5. The summed E-state index contributed by atoms with van der Waals surface area (Å²) in [4.78, 5) is 11.6. The van der Waals surface area contributed by atoms with Gasteiger partial charge in [-0.05, 0) is 38.3 Å². The Bertz CT molecular complexity index is 322. The molecule has 1 unspecified atom stereocenters. The molecule has 1 aliphatic heterocycles. The molecule has 16 heavy (non-hydrogen) atoms. The van der Waals surface area contributed by atoms with Crippen molar-refractivity contribution in [2.45, 2.75) is 25.7 Å². The standard InChI is InChI=1S/C10H16N4OS/c15-9(13-10-7-12-14-16-10)4-3-8-2-1-5-11-6-8/h7-8,11H,1-6H2,(H,13,15). The van der Waals surface area contributed by atoms with Crippen molar-refractivity contribution in [1.29, 1.82) is 0 Å². The average molecular weight is 240 g/mol. The quantitative estimate of drug-likeness (QED) is 0.831. The topological polar surface area (TPSA) is 66.9 Å². The Kier molecular flexibility index (Phi) is 4.24. The Morgan fingerprint density at radius 2 is 2.62 bits per heavy atom. The van der Waals surface area contributed by atoms with Gasteiger partial charge in [-0.1, -0.05) is 4.49 Å². The van der Waals surface area contributed by atoms with Gasteiger partial charge in [-0.3, -0.25) is 4.79 Å². The second-order valence-electron chi connectivity index (χ2n) is 4.08. The molecule has 0 bridgehead atoms. The fourth-order valence-electron chi connectivity index (χ4n) is 1.93. The van der Waals surface area contributed by atoms with Crippen molar-refractivity contribution in [3.05, 3.63) is 6.20 Å². The summed E-state index contributed by atoms with van der Waals surface area (Å²) in [6.45, 7) is 2.17. The number of carbonyl (C=O) groups excluding carboxylic acids is 1. The van der Waals surface area contributed by atoms with E-state index in [9.17, 15) is 4.79 Å². The predicted molar refractivity (Wildman–Crippen MR) is 63.4 cm³/mol. The van der Waals surface area contributed by atoms with Gasteiger partial charge in [0.1, 0.15) is 5.00 Å². The molecule has 1 atom stereocenters. The summed E-state index contributed by atoms with van der Waals surface area (Å²) in [5, 5.41) is 10.5. The Labute approximate surface area is 98.8 Å². The van der Waals surface area contributed by atoms with Gasteiger partial charge in [0.25, 0.3) is 0 Å². The molecule has 0 aromatic carbocycles. The molecule has 0 spiro atoms. The number of carbonyl (C=O) groups is 1. The summed E-state index contributed by atoms with van der Waals surface area (Å²) >= 11 is 1.21. The van der Waals surface area contributed by atoms with Gasteiger partial charge in [0.2, 0.25) is 5.91 Å². The van der Waals surface area contributed by atoms with Gasteiger partial charge >= 0.3 is 0 Å². The first-order valence-corrected chi connectivity index (χ1v) is 6.40. The van der Waals surface area contributed by atoms with E-state index < -0.39 is 0 Å². The highest BCUT2D eigenvalue weighted by molar-refractivity contribution is 7.10. The van der Waals surface area contributed by atoms with E-state index in [1.807, 2.05) is 0 Å². The Morgan fingerprint density at radius 3 is 3.31 bits per heavy atom. The molecule has 2 rings (SSSR count). The lowest BCUT2D eigenvalue weighted by Gasteiger charge is -2.22. The maximum atomic E-state index is 11.6. The number of piperidine rings is 1. The summed E-state index contributed by atoms with van der Waals surface area (Å²) in [5.41, 5.74) is 0. The normalized spacial score (nSPS) is 20.6. The van der Waals surface area contributed by atoms with E-state index in [1.54, 1.807) is 6.20 Å². The Morgan fingerprint density at radius 1 is 1.69 bits per heavy atom. The van der Waals surface area contributed by atoms with Gasteiger partial charge in [0.05, 0.1) is 6.20 Å². The van der Waals surface area contributed by atoms with Crippen molar-refractivity contribution < 1.29 is 4.79 Å². The van der Waals surface area contributed by atoms with Crippen LogP contribution in [0, 0.1) is 5.92 Å². The van der Waals surface area contributed by atoms with Crippen molar-refractivity contribution in [3.8, 4) is 0 Å². The molecule has 0 radical (unpaired) electrons. The Hall–Kier alpha value is -1.01. The van der Waals surface area contributed by atoms with Crippen LogP contribution in [0.2, 0.25) is 0 Å². The number of aromatic nitrogens is 2. The molecule has 1 saturated heterocycles. The SMILES string of the molecule is O=C(CCC1CCCNC1)Nc1cnns1. The Balaban J connectivity index is 1.67. The van der Waals surface area contributed by atoms with Crippen LogP contribution in [-0.2, 0) is 4.79 Å². The fraction of sp³-hybridized carbons (Fsp3) is 0.700. The van der Waals surface area contributed by atoms with Gasteiger partial charge in [0, 0.05) is 18.0 Å². The number of nitrogens with zero attached hydrogens (tertiary/aromatic N) is 2. The molecule has 1 fully saturated rings. The zero-order valence-corrected chi connectivity index (χ0v) is 9.92. The molecule has 5 nitrogen and oxygen atoms in total. The van der Waals surface area contributed by atoms with Crippen molar-refractivity contribution in [2.75, 3.05) is 18.4 Å². The van der Waals surface area contributed by atoms with Crippen molar-refractivity contribution in [2.24, 2.45) is 5.92 Å². The highest BCUT2D eigenvalue weighted by atomic mass is 32.1. The van der Waals surface area contributed by atoms with E-state index in [4.69, 9.17) is 0 Å². The fourth-order valence-corrected chi connectivity index (χ4v) is 2.36. The maximum absolute atomic E-state index is 11.6. The van der Waals surface area contributed by atoms with Crippen LogP contribution >= 0.6 is 11.5 Å². The molecule has 1 aliphatic rings. The molecule has 6 heteroatoms. The molecule has 0 saturated carbocycles. The highest BCUT2D eigenvalue weighted by Gasteiger charge is 2.14. The molecule has 2 N–H and O–H groups in total. The molecule has 1 aromatic rings. The molecule has 0 aliphatic carbocycles. The molecular weight excluding hydrogens is 224 g/mol. The van der Waals surface area contributed by atoms with Crippen LogP contribution in [-0.4, -0.2) is 28.6 Å². The summed E-state index contributed by atoms with van der Waals surface area (Å²) < 4.78 is 3.69.